The maximum Gasteiger partial charge on any atom is 0.387 e. The van der Waals surface area contributed by atoms with E-state index in [0.29, 0.717) is 17.1 Å². The number of pyridine rings is 1. The number of hydrogen-bond acceptors (Lipinski definition) is 7. The molecule has 0 saturated carbocycles. The molecule has 0 amide bonds. The Kier molecular flexibility index (Phi) is 7.23. The van der Waals surface area contributed by atoms with E-state index in [-0.39, 0.29) is 23.9 Å². The largest absolute Gasteiger partial charge is 0.490 e. The maximum absolute atomic E-state index is 12.6. The SMILES string of the molecule is CCOc1cc(C(CS(C)(=O)=O)Nc2ncc(C)c(C)c2N)ccc1OC(F)F. The van der Waals surface area contributed by atoms with Crippen LogP contribution in [0.4, 0.5) is 20.3 Å². The first-order chi connectivity index (χ1) is 13.5. The van der Waals surface area contributed by atoms with Gasteiger partial charge < -0.3 is 20.5 Å². The van der Waals surface area contributed by atoms with Crippen LogP contribution >= 0.6 is 0 Å². The quantitative estimate of drug-likeness (QED) is 0.629. The predicted molar refractivity (Wildman–Crippen MR) is 108 cm³/mol. The smallest absolute Gasteiger partial charge is 0.387 e. The molecule has 2 rings (SSSR count). The molecule has 1 heterocycles. The molecular formula is C19H25F2N3O4S. The predicted octanol–water partition coefficient (Wildman–Crippen LogP) is 3.48. The van der Waals surface area contributed by atoms with Crippen LogP contribution in [0.3, 0.4) is 0 Å². The standard InChI is InChI=1S/C19H25F2N3O4S/c1-5-27-16-8-13(6-7-15(16)28-19(20)21)14(10-29(4,25)26)24-18-17(22)12(3)11(2)9-23-18/h6-9,14,19H,5,10,22H2,1-4H3,(H,23,24). The normalized spacial score (nSPS) is 12.7. The number of aromatic nitrogens is 1. The Balaban J connectivity index is 2.47. The zero-order valence-electron chi connectivity index (χ0n) is 16.7. The molecule has 1 aromatic heterocycles. The van der Waals surface area contributed by atoms with Gasteiger partial charge >= 0.3 is 6.61 Å². The number of nitrogens with zero attached hydrogens (tertiary/aromatic N) is 1. The molecule has 2 aromatic rings. The number of anilines is 2. The van der Waals surface area contributed by atoms with E-state index in [0.717, 1.165) is 17.4 Å². The van der Waals surface area contributed by atoms with Crippen LogP contribution < -0.4 is 20.5 Å². The zero-order chi connectivity index (χ0) is 21.8. The van der Waals surface area contributed by atoms with Crippen LogP contribution in [0.1, 0.15) is 29.7 Å². The number of sulfone groups is 1. The van der Waals surface area contributed by atoms with Crippen molar-refractivity contribution in [2.75, 3.05) is 29.7 Å². The van der Waals surface area contributed by atoms with Crippen LogP contribution in [0.2, 0.25) is 0 Å². The van der Waals surface area contributed by atoms with Gasteiger partial charge in [0, 0.05) is 12.5 Å². The summed E-state index contributed by atoms with van der Waals surface area (Å²) in [5, 5.41) is 3.06. The molecule has 1 aromatic carbocycles. The topological polar surface area (TPSA) is 104 Å². The van der Waals surface area contributed by atoms with Crippen molar-refractivity contribution in [3.8, 4) is 11.5 Å². The van der Waals surface area contributed by atoms with Gasteiger partial charge in [0.15, 0.2) is 11.5 Å². The Bertz CT molecular complexity index is 968. The molecule has 1 atom stereocenters. The first-order valence-corrected chi connectivity index (χ1v) is 10.9. The van der Waals surface area contributed by atoms with Crippen LogP contribution in [0.15, 0.2) is 24.4 Å². The first-order valence-electron chi connectivity index (χ1n) is 8.89. The van der Waals surface area contributed by atoms with E-state index in [1.807, 2.05) is 13.8 Å². The van der Waals surface area contributed by atoms with Crippen LogP contribution in [0.5, 0.6) is 11.5 Å². The monoisotopic (exact) mass is 429 g/mol. The summed E-state index contributed by atoms with van der Waals surface area (Å²) in [4.78, 5) is 4.26. The van der Waals surface area contributed by atoms with Crippen molar-refractivity contribution < 1.29 is 26.7 Å². The Morgan fingerprint density at radius 1 is 1.24 bits per heavy atom. The van der Waals surface area contributed by atoms with Crippen molar-refractivity contribution in [2.24, 2.45) is 0 Å². The lowest BCUT2D eigenvalue weighted by Gasteiger charge is -2.22. The van der Waals surface area contributed by atoms with E-state index in [1.165, 1.54) is 18.2 Å². The Morgan fingerprint density at radius 2 is 1.93 bits per heavy atom. The van der Waals surface area contributed by atoms with Crippen molar-refractivity contribution in [3.63, 3.8) is 0 Å². The lowest BCUT2D eigenvalue weighted by molar-refractivity contribution is -0.0514. The molecule has 0 fully saturated rings. The molecule has 3 N–H and O–H groups in total. The number of nitrogens with two attached hydrogens (primary N) is 1. The van der Waals surface area contributed by atoms with Gasteiger partial charge in [0.05, 0.1) is 24.1 Å². The highest BCUT2D eigenvalue weighted by molar-refractivity contribution is 7.90. The molecule has 29 heavy (non-hydrogen) atoms. The molecule has 0 saturated heterocycles. The lowest BCUT2D eigenvalue weighted by atomic mass is 10.1. The molecule has 160 valence electrons. The van der Waals surface area contributed by atoms with Crippen molar-refractivity contribution in [3.05, 3.63) is 41.1 Å². The molecule has 0 spiro atoms. The Labute approximate surface area is 169 Å². The molecule has 0 aliphatic heterocycles. The van der Waals surface area contributed by atoms with Gasteiger partial charge in [0.2, 0.25) is 0 Å². The van der Waals surface area contributed by atoms with Crippen molar-refractivity contribution in [1.29, 1.82) is 0 Å². The van der Waals surface area contributed by atoms with Crippen LogP contribution in [0.25, 0.3) is 0 Å². The highest BCUT2D eigenvalue weighted by atomic mass is 32.2. The molecule has 0 bridgehead atoms. The van der Waals surface area contributed by atoms with Gasteiger partial charge in [0.1, 0.15) is 15.7 Å². The molecule has 0 aliphatic carbocycles. The van der Waals surface area contributed by atoms with E-state index < -0.39 is 22.5 Å². The van der Waals surface area contributed by atoms with E-state index in [4.69, 9.17) is 10.5 Å². The third kappa shape index (κ3) is 6.18. The van der Waals surface area contributed by atoms with Crippen molar-refractivity contribution in [2.45, 2.75) is 33.4 Å². The van der Waals surface area contributed by atoms with Crippen molar-refractivity contribution >= 4 is 21.3 Å². The highest BCUT2D eigenvalue weighted by Gasteiger charge is 2.22. The summed E-state index contributed by atoms with van der Waals surface area (Å²) in [5.41, 5.74) is 8.77. The van der Waals surface area contributed by atoms with Crippen LogP contribution in [-0.4, -0.2) is 38.6 Å². The third-order valence-corrected chi connectivity index (χ3v) is 5.24. The van der Waals surface area contributed by atoms with Gasteiger partial charge in [-0.1, -0.05) is 6.07 Å². The number of nitrogens with one attached hydrogen (secondary N) is 1. The number of rotatable bonds is 9. The summed E-state index contributed by atoms with van der Waals surface area (Å²) in [6, 6.07) is 3.56. The second-order valence-electron chi connectivity index (χ2n) is 6.64. The van der Waals surface area contributed by atoms with Crippen LogP contribution in [-0.2, 0) is 9.84 Å². The maximum atomic E-state index is 12.6. The molecule has 1 unspecified atom stereocenters. The molecule has 10 heteroatoms. The summed E-state index contributed by atoms with van der Waals surface area (Å²) >= 11 is 0. The number of aryl methyl sites for hydroxylation is 1. The van der Waals surface area contributed by atoms with Gasteiger partial charge in [-0.05, 0) is 49.6 Å². The number of nitrogen functional groups attached to an aromatic ring is 1. The average Bonchev–Trinajstić information content (AvgIpc) is 2.61. The third-order valence-electron chi connectivity index (χ3n) is 4.30. The van der Waals surface area contributed by atoms with E-state index >= 15 is 0 Å². The van der Waals surface area contributed by atoms with Gasteiger partial charge in [0.25, 0.3) is 0 Å². The second-order valence-corrected chi connectivity index (χ2v) is 8.82. The molecule has 7 nitrogen and oxygen atoms in total. The number of ether oxygens (including phenoxy) is 2. The molecule has 0 radical (unpaired) electrons. The van der Waals surface area contributed by atoms with Gasteiger partial charge in [-0.2, -0.15) is 8.78 Å². The number of halogens is 2. The van der Waals surface area contributed by atoms with E-state index in [2.05, 4.69) is 15.0 Å². The summed E-state index contributed by atoms with van der Waals surface area (Å²) in [5.74, 6) is 0.0357. The minimum Gasteiger partial charge on any atom is -0.490 e. The van der Waals surface area contributed by atoms with E-state index in [1.54, 1.807) is 13.1 Å². The Hall–Kier alpha value is -2.62. The summed E-state index contributed by atoms with van der Waals surface area (Å²) in [7, 11) is -3.40. The summed E-state index contributed by atoms with van der Waals surface area (Å²) in [6.07, 6.45) is 2.74. The fourth-order valence-electron chi connectivity index (χ4n) is 2.72. The van der Waals surface area contributed by atoms with E-state index in [9.17, 15) is 17.2 Å². The van der Waals surface area contributed by atoms with Gasteiger partial charge in [-0.15, -0.1) is 0 Å². The van der Waals surface area contributed by atoms with Crippen LogP contribution in [0, 0.1) is 13.8 Å². The minimum atomic E-state index is -3.40. The second kappa shape index (κ2) is 9.25. The average molecular weight is 429 g/mol. The number of benzene rings is 1. The minimum absolute atomic E-state index is 0.0895. The fraction of sp³-hybridized carbons (Fsp3) is 0.421. The molecular weight excluding hydrogens is 404 g/mol. The van der Waals surface area contributed by atoms with Gasteiger partial charge in [-0.25, -0.2) is 13.4 Å². The summed E-state index contributed by atoms with van der Waals surface area (Å²) in [6.45, 7) is 2.62. The lowest BCUT2D eigenvalue weighted by Crippen LogP contribution is -2.22. The highest BCUT2D eigenvalue weighted by Crippen LogP contribution is 2.34. The van der Waals surface area contributed by atoms with Gasteiger partial charge in [-0.3, -0.25) is 0 Å². The molecule has 0 aliphatic rings. The number of alkyl halides is 2. The first kappa shape index (κ1) is 22.7. The fourth-order valence-corrected chi connectivity index (χ4v) is 3.61. The number of hydrogen-bond donors (Lipinski definition) is 2. The Morgan fingerprint density at radius 3 is 2.52 bits per heavy atom. The summed E-state index contributed by atoms with van der Waals surface area (Å²) < 4.78 is 59.1. The van der Waals surface area contributed by atoms with Crippen molar-refractivity contribution in [1.82, 2.24) is 4.98 Å². The zero-order valence-corrected chi connectivity index (χ0v) is 17.5.